The van der Waals surface area contributed by atoms with Crippen LogP contribution in [0.2, 0.25) is 0 Å². The van der Waals surface area contributed by atoms with Gasteiger partial charge in [0, 0.05) is 18.4 Å². The molecule has 3 atom stereocenters. The van der Waals surface area contributed by atoms with Gasteiger partial charge >= 0.3 is 0 Å². The largest absolute Gasteiger partial charge is 0.394 e. The van der Waals surface area contributed by atoms with Crippen LogP contribution in [0.4, 0.5) is 0 Å². The molecule has 0 fully saturated rings. The molecule has 19 heavy (non-hydrogen) atoms. The molecule has 0 saturated carbocycles. The molecule has 0 radical (unpaired) electrons. The van der Waals surface area contributed by atoms with Crippen LogP contribution in [-0.2, 0) is 4.74 Å². The lowest BCUT2D eigenvalue weighted by atomic mass is 10.1. The van der Waals surface area contributed by atoms with Gasteiger partial charge in [-0.25, -0.2) is 0 Å². The van der Waals surface area contributed by atoms with Crippen LogP contribution in [0.25, 0.3) is 0 Å². The van der Waals surface area contributed by atoms with Gasteiger partial charge in [-0.2, -0.15) is 0 Å². The Balaban J connectivity index is 2.57. The quantitative estimate of drug-likeness (QED) is 0.470. The number of hydrogen-bond acceptors (Lipinski definition) is 6. The van der Waals surface area contributed by atoms with Crippen LogP contribution in [-0.4, -0.2) is 58.2 Å². The number of Topliss-reactive ketones (excluding diaryl/α,β-unsaturated/α-hetero) is 1. The van der Waals surface area contributed by atoms with Gasteiger partial charge in [0.2, 0.25) is 5.78 Å². The lowest BCUT2D eigenvalue weighted by Crippen LogP contribution is -2.33. The SMILES string of the molecule is COC(SCC(O)C(O)CO)C(=O)c1ccccc1. The van der Waals surface area contributed by atoms with Crippen molar-refractivity contribution in [3.8, 4) is 0 Å². The zero-order valence-electron chi connectivity index (χ0n) is 10.6. The third-order valence-corrected chi connectivity index (χ3v) is 3.78. The Morgan fingerprint density at radius 1 is 1.26 bits per heavy atom. The van der Waals surface area contributed by atoms with E-state index in [1.807, 2.05) is 6.07 Å². The van der Waals surface area contributed by atoms with E-state index in [4.69, 9.17) is 9.84 Å². The lowest BCUT2D eigenvalue weighted by molar-refractivity contribution is -0.00216. The molecule has 0 bridgehead atoms. The van der Waals surface area contributed by atoms with Gasteiger partial charge in [-0.1, -0.05) is 30.3 Å². The van der Waals surface area contributed by atoms with Crippen LogP contribution in [0.15, 0.2) is 30.3 Å². The number of hydrogen-bond donors (Lipinski definition) is 3. The van der Waals surface area contributed by atoms with Gasteiger partial charge in [-0.15, -0.1) is 11.8 Å². The fraction of sp³-hybridized carbons (Fsp3) is 0.462. The minimum atomic E-state index is -1.21. The van der Waals surface area contributed by atoms with Crippen molar-refractivity contribution < 1.29 is 24.9 Å². The number of ketones is 1. The van der Waals surface area contributed by atoms with Crippen molar-refractivity contribution in [1.29, 1.82) is 0 Å². The predicted molar refractivity (Wildman–Crippen MR) is 73.1 cm³/mol. The standard InChI is InChI=1S/C13H18O5S/c1-18-13(19-8-11(16)10(15)7-14)12(17)9-5-3-2-4-6-9/h2-6,10-11,13-16H,7-8H2,1H3. The van der Waals surface area contributed by atoms with E-state index in [0.717, 1.165) is 11.8 Å². The molecule has 5 nitrogen and oxygen atoms in total. The smallest absolute Gasteiger partial charge is 0.201 e. The number of carbonyl (C=O) groups excluding carboxylic acids is 1. The summed E-state index contributed by atoms with van der Waals surface area (Å²) >= 11 is 1.08. The Hall–Kier alpha value is -0.920. The molecule has 1 rings (SSSR count). The van der Waals surface area contributed by atoms with Crippen molar-refractivity contribution in [3.05, 3.63) is 35.9 Å². The summed E-state index contributed by atoms with van der Waals surface area (Å²) in [5, 5.41) is 27.4. The number of thioether (sulfide) groups is 1. The van der Waals surface area contributed by atoms with Crippen molar-refractivity contribution in [2.45, 2.75) is 17.6 Å². The Labute approximate surface area is 116 Å². The Kier molecular flexibility index (Phi) is 7.04. The van der Waals surface area contributed by atoms with E-state index < -0.39 is 24.3 Å². The molecule has 0 amide bonds. The zero-order valence-corrected chi connectivity index (χ0v) is 11.4. The van der Waals surface area contributed by atoms with Gasteiger partial charge < -0.3 is 20.1 Å². The molecule has 0 saturated heterocycles. The number of rotatable bonds is 8. The monoisotopic (exact) mass is 286 g/mol. The van der Waals surface area contributed by atoms with Crippen LogP contribution < -0.4 is 0 Å². The molecule has 0 aromatic heterocycles. The summed E-state index contributed by atoms with van der Waals surface area (Å²) in [4.78, 5) is 12.1. The molecule has 0 aliphatic carbocycles. The van der Waals surface area contributed by atoms with Gasteiger partial charge in [0.25, 0.3) is 0 Å². The molecule has 0 heterocycles. The van der Waals surface area contributed by atoms with E-state index >= 15 is 0 Å². The van der Waals surface area contributed by atoms with Crippen LogP contribution >= 0.6 is 11.8 Å². The number of methoxy groups -OCH3 is 1. The van der Waals surface area contributed by atoms with E-state index in [1.165, 1.54) is 7.11 Å². The summed E-state index contributed by atoms with van der Waals surface area (Å²) in [6.45, 7) is -0.522. The third-order valence-electron chi connectivity index (χ3n) is 2.54. The highest BCUT2D eigenvalue weighted by molar-refractivity contribution is 8.00. The van der Waals surface area contributed by atoms with Crippen molar-refractivity contribution in [3.63, 3.8) is 0 Å². The third kappa shape index (κ3) is 4.93. The van der Waals surface area contributed by atoms with Gasteiger partial charge in [0.1, 0.15) is 6.10 Å². The molecule has 106 valence electrons. The van der Waals surface area contributed by atoms with Crippen molar-refractivity contribution in [2.24, 2.45) is 0 Å². The van der Waals surface area contributed by atoms with Crippen LogP contribution in [0.5, 0.6) is 0 Å². The Morgan fingerprint density at radius 2 is 1.89 bits per heavy atom. The van der Waals surface area contributed by atoms with Gasteiger partial charge in [-0.3, -0.25) is 4.79 Å². The minimum Gasteiger partial charge on any atom is -0.394 e. The number of benzene rings is 1. The number of aliphatic hydroxyl groups excluding tert-OH is 3. The lowest BCUT2D eigenvalue weighted by Gasteiger charge is -2.18. The Bertz CT molecular complexity index is 384. The van der Waals surface area contributed by atoms with E-state index in [2.05, 4.69) is 0 Å². The summed E-state index contributed by atoms with van der Waals surface area (Å²) in [7, 11) is 1.41. The number of aliphatic hydroxyl groups is 3. The Morgan fingerprint density at radius 3 is 2.42 bits per heavy atom. The summed E-state index contributed by atoms with van der Waals surface area (Å²) < 4.78 is 5.09. The van der Waals surface area contributed by atoms with Crippen molar-refractivity contribution >= 4 is 17.5 Å². The van der Waals surface area contributed by atoms with Crippen LogP contribution in [0.3, 0.4) is 0 Å². The highest BCUT2D eigenvalue weighted by atomic mass is 32.2. The summed E-state index contributed by atoms with van der Waals surface area (Å²) in [6, 6.07) is 8.71. The predicted octanol–water partition coefficient (Wildman–Crippen LogP) is 0.289. The second-order valence-corrected chi connectivity index (χ2v) is 5.04. The van der Waals surface area contributed by atoms with E-state index in [9.17, 15) is 15.0 Å². The van der Waals surface area contributed by atoms with Crippen LogP contribution in [0.1, 0.15) is 10.4 Å². The second-order valence-electron chi connectivity index (χ2n) is 3.95. The fourth-order valence-corrected chi connectivity index (χ4v) is 2.43. The molecule has 6 heteroatoms. The first-order valence-corrected chi connectivity index (χ1v) is 6.85. The summed E-state index contributed by atoms with van der Waals surface area (Å²) in [5.74, 6) is -0.0995. The molecular formula is C13H18O5S. The van der Waals surface area contributed by atoms with Crippen molar-refractivity contribution in [1.82, 2.24) is 0 Å². The maximum atomic E-state index is 12.1. The zero-order chi connectivity index (χ0) is 14.3. The minimum absolute atomic E-state index is 0.0960. The molecule has 3 unspecified atom stereocenters. The number of ether oxygens (including phenoxy) is 1. The van der Waals surface area contributed by atoms with E-state index in [1.54, 1.807) is 24.3 Å². The van der Waals surface area contributed by atoms with Crippen molar-refractivity contribution in [2.75, 3.05) is 19.5 Å². The normalized spacial score (nSPS) is 15.8. The van der Waals surface area contributed by atoms with Gasteiger partial charge in [0.15, 0.2) is 5.44 Å². The van der Waals surface area contributed by atoms with Gasteiger partial charge in [-0.05, 0) is 0 Å². The average molecular weight is 286 g/mol. The molecule has 1 aromatic carbocycles. The summed E-state index contributed by atoms with van der Waals surface area (Å²) in [6.07, 6.45) is -2.31. The summed E-state index contributed by atoms with van der Waals surface area (Å²) in [5.41, 5.74) is -0.220. The second kappa shape index (κ2) is 8.29. The number of carbonyl (C=O) groups is 1. The molecule has 0 aliphatic heterocycles. The highest BCUT2D eigenvalue weighted by Gasteiger charge is 2.23. The topological polar surface area (TPSA) is 87.0 Å². The maximum Gasteiger partial charge on any atom is 0.201 e. The highest BCUT2D eigenvalue weighted by Crippen LogP contribution is 2.19. The van der Waals surface area contributed by atoms with E-state index in [0.29, 0.717) is 5.56 Å². The van der Waals surface area contributed by atoms with Gasteiger partial charge in [0.05, 0.1) is 12.7 Å². The first-order chi connectivity index (χ1) is 9.10. The maximum absolute atomic E-state index is 12.1. The fourth-order valence-electron chi connectivity index (χ4n) is 1.41. The molecule has 0 aliphatic rings. The molecular weight excluding hydrogens is 268 g/mol. The van der Waals surface area contributed by atoms with Crippen LogP contribution in [0, 0.1) is 0 Å². The molecule has 0 spiro atoms. The average Bonchev–Trinajstić information content (AvgIpc) is 2.47. The molecule has 3 N–H and O–H groups in total. The first-order valence-electron chi connectivity index (χ1n) is 5.80. The molecule has 1 aromatic rings. The van der Waals surface area contributed by atoms with E-state index in [-0.39, 0.29) is 11.5 Å². The first kappa shape index (κ1) is 16.1.